The molecule has 0 spiro atoms. The lowest BCUT2D eigenvalue weighted by Crippen LogP contribution is -2.36. The number of likely N-dealkylation sites (tertiary alicyclic amines) is 1. The summed E-state index contributed by atoms with van der Waals surface area (Å²) in [4.78, 5) is 13.0. The van der Waals surface area contributed by atoms with Crippen LogP contribution in [-0.4, -0.2) is 34.6 Å². The fourth-order valence-corrected chi connectivity index (χ4v) is 2.22. The second kappa shape index (κ2) is 2.73. The number of carboxylic acids is 1. The molecule has 12 heavy (non-hydrogen) atoms. The molecule has 2 fully saturated rings. The molecule has 1 saturated heterocycles. The van der Waals surface area contributed by atoms with E-state index in [1.165, 1.54) is 12.8 Å². The van der Waals surface area contributed by atoms with E-state index in [-0.39, 0.29) is 5.54 Å². The maximum Gasteiger partial charge on any atom is 0.305 e. The van der Waals surface area contributed by atoms with Crippen molar-refractivity contribution in [2.45, 2.75) is 37.6 Å². The van der Waals surface area contributed by atoms with Crippen molar-refractivity contribution >= 4 is 5.97 Å². The van der Waals surface area contributed by atoms with Crippen LogP contribution in [0.25, 0.3) is 0 Å². The lowest BCUT2D eigenvalue weighted by Gasteiger charge is -2.25. The average Bonchev–Trinajstić information content (AvgIpc) is 2.61. The summed E-state index contributed by atoms with van der Waals surface area (Å²) in [6, 6.07) is 0. The van der Waals surface area contributed by atoms with Gasteiger partial charge in [-0.15, -0.1) is 0 Å². The van der Waals surface area contributed by atoms with Crippen molar-refractivity contribution in [2.75, 3.05) is 13.1 Å². The zero-order valence-corrected chi connectivity index (χ0v) is 7.25. The third-order valence-corrected chi connectivity index (χ3v) is 3.08. The molecule has 1 aliphatic carbocycles. The van der Waals surface area contributed by atoms with E-state index in [0.717, 1.165) is 25.9 Å². The SMILES string of the molecule is O=C(O)CC1(N2CCCC2)CC1. The molecule has 0 amide bonds. The summed E-state index contributed by atoms with van der Waals surface area (Å²) >= 11 is 0. The van der Waals surface area contributed by atoms with Gasteiger partial charge < -0.3 is 5.11 Å². The summed E-state index contributed by atoms with van der Waals surface area (Å²) in [5.74, 6) is -0.639. The topological polar surface area (TPSA) is 40.5 Å². The van der Waals surface area contributed by atoms with Crippen molar-refractivity contribution in [3.8, 4) is 0 Å². The zero-order chi connectivity index (χ0) is 8.60. The fourth-order valence-electron chi connectivity index (χ4n) is 2.22. The molecule has 1 heterocycles. The average molecular weight is 169 g/mol. The highest BCUT2D eigenvalue weighted by atomic mass is 16.4. The highest BCUT2D eigenvalue weighted by Gasteiger charge is 2.49. The van der Waals surface area contributed by atoms with Crippen molar-refractivity contribution < 1.29 is 9.90 Å². The molecule has 1 saturated carbocycles. The smallest absolute Gasteiger partial charge is 0.305 e. The first-order valence-electron chi connectivity index (χ1n) is 4.70. The Kier molecular flexibility index (Phi) is 1.83. The van der Waals surface area contributed by atoms with Gasteiger partial charge in [-0.2, -0.15) is 0 Å². The monoisotopic (exact) mass is 169 g/mol. The fraction of sp³-hybridized carbons (Fsp3) is 0.889. The number of rotatable bonds is 3. The van der Waals surface area contributed by atoms with Crippen LogP contribution in [0.2, 0.25) is 0 Å². The number of hydrogen-bond acceptors (Lipinski definition) is 2. The molecule has 0 bridgehead atoms. The van der Waals surface area contributed by atoms with Crippen LogP contribution < -0.4 is 0 Å². The van der Waals surface area contributed by atoms with Crippen LogP contribution >= 0.6 is 0 Å². The van der Waals surface area contributed by atoms with E-state index in [2.05, 4.69) is 4.90 Å². The lowest BCUT2D eigenvalue weighted by molar-refractivity contribution is -0.138. The van der Waals surface area contributed by atoms with Gasteiger partial charge in [0, 0.05) is 5.54 Å². The van der Waals surface area contributed by atoms with Gasteiger partial charge in [-0.05, 0) is 38.8 Å². The Hall–Kier alpha value is -0.570. The van der Waals surface area contributed by atoms with E-state index in [1.807, 2.05) is 0 Å². The molecule has 3 nitrogen and oxygen atoms in total. The van der Waals surface area contributed by atoms with Crippen molar-refractivity contribution in [2.24, 2.45) is 0 Å². The third kappa shape index (κ3) is 1.33. The summed E-state index contributed by atoms with van der Waals surface area (Å²) in [5.41, 5.74) is 0.0856. The van der Waals surface area contributed by atoms with E-state index in [9.17, 15) is 4.79 Å². The number of carbonyl (C=O) groups is 1. The van der Waals surface area contributed by atoms with Crippen LogP contribution in [0, 0.1) is 0 Å². The number of nitrogens with zero attached hydrogens (tertiary/aromatic N) is 1. The summed E-state index contributed by atoms with van der Waals surface area (Å²) in [5, 5.41) is 8.72. The Morgan fingerprint density at radius 1 is 1.33 bits per heavy atom. The maximum atomic E-state index is 10.6. The predicted molar refractivity (Wildman–Crippen MR) is 45.0 cm³/mol. The highest BCUT2D eigenvalue weighted by Crippen LogP contribution is 2.46. The number of carboxylic acid groups (broad SMARTS) is 1. The van der Waals surface area contributed by atoms with Gasteiger partial charge in [-0.1, -0.05) is 0 Å². The summed E-state index contributed by atoms with van der Waals surface area (Å²) in [7, 11) is 0. The number of aliphatic carboxylic acids is 1. The molecule has 0 unspecified atom stereocenters. The van der Waals surface area contributed by atoms with Crippen LogP contribution in [-0.2, 0) is 4.79 Å². The lowest BCUT2D eigenvalue weighted by atomic mass is 10.1. The minimum absolute atomic E-state index is 0.0856. The molecule has 1 aliphatic heterocycles. The Morgan fingerprint density at radius 3 is 2.33 bits per heavy atom. The molecular weight excluding hydrogens is 154 g/mol. The molecule has 0 aromatic rings. The van der Waals surface area contributed by atoms with Gasteiger partial charge in [0.1, 0.15) is 0 Å². The summed E-state index contributed by atoms with van der Waals surface area (Å²) in [6.07, 6.45) is 5.05. The Bertz CT molecular complexity index is 193. The van der Waals surface area contributed by atoms with Gasteiger partial charge in [0.25, 0.3) is 0 Å². The minimum atomic E-state index is -0.639. The van der Waals surface area contributed by atoms with Crippen molar-refractivity contribution in [1.82, 2.24) is 4.90 Å². The van der Waals surface area contributed by atoms with E-state index in [0.29, 0.717) is 6.42 Å². The first kappa shape index (κ1) is 8.05. The Morgan fingerprint density at radius 2 is 1.92 bits per heavy atom. The van der Waals surface area contributed by atoms with E-state index >= 15 is 0 Å². The second-order valence-corrected chi connectivity index (χ2v) is 3.99. The van der Waals surface area contributed by atoms with Crippen molar-refractivity contribution in [1.29, 1.82) is 0 Å². The van der Waals surface area contributed by atoms with Gasteiger partial charge in [-0.3, -0.25) is 9.69 Å². The molecule has 2 aliphatic rings. The highest BCUT2D eigenvalue weighted by molar-refractivity contribution is 5.69. The largest absolute Gasteiger partial charge is 0.481 e. The standard InChI is InChI=1S/C9H15NO2/c11-8(12)7-9(3-4-9)10-5-1-2-6-10/h1-7H2,(H,11,12). The summed E-state index contributed by atoms with van der Waals surface area (Å²) in [6.45, 7) is 2.24. The Labute approximate surface area is 72.4 Å². The first-order chi connectivity index (χ1) is 5.73. The van der Waals surface area contributed by atoms with Crippen molar-refractivity contribution in [3.63, 3.8) is 0 Å². The van der Waals surface area contributed by atoms with Crippen LogP contribution in [0.3, 0.4) is 0 Å². The molecule has 0 aromatic carbocycles. The van der Waals surface area contributed by atoms with E-state index in [1.54, 1.807) is 0 Å². The number of hydrogen-bond donors (Lipinski definition) is 1. The maximum absolute atomic E-state index is 10.6. The summed E-state index contributed by atoms with van der Waals surface area (Å²) < 4.78 is 0. The quantitative estimate of drug-likeness (QED) is 0.687. The van der Waals surface area contributed by atoms with Crippen LogP contribution in [0.15, 0.2) is 0 Å². The zero-order valence-electron chi connectivity index (χ0n) is 7.25. The van der Waals surface area contributed by atoms with Crippen LogP contribution in [0.4, 0.5) is 0 Å². The molecule has 0 atom stereocenters. The van der Waals surface area contributed by atoms with Gasteiger partial charge in [-0.25, -0.2) is 0 Å². The molecule has 0 radical (unpaired) electrons. The molecule has 2 rings (SSSR count). The Balaban J connectivity index is 1.95. The van der Waals surface area contributed by atoms with Gasteiger partial charge in [0.15, 0.2) is 0 Å². The van der Waals surface area contributed by atoms with Gasteiger partial charge in [0.2, 0.25) is 0 Å². The predicted octanol–water partition coefficient (Wildman–Crippen LogP) is 1.09. The van der Waals surface area contributed by atoms with Gasteiger partial charge in [0.05, 0.1) is 6.42 Å². The molecule has 68 valence electrons. The third-order valence-electron chi connectivity index (χ3n) is 3.08. The van der Waals surface area contributed by atoms with Crippen LogP contribution in [0.1, 0.15) is 32.1 Å². The molecule has 1 N–H and O–H groups in total. The van der Waals surface area contributed by atoms with E-state index < -0.39 is 5.97 Å². The van der Waals surface area contributed by atoms with E-state index in [4.69, 9.17) is 5.11 Å². The van der Waals surface area contributed by atoms with Crippen molar-refractivity contribution in [3.05, 3.63) is 0 Å². The first-order valence-corrected chi connectivity index (χ1v) is 4.70. The normalized spacial score (nSPS) is 27.3. The molecule has 0 aromatic heterocycles. The van der Waals surface area contributed by atoms with Crippen LogP contribution in [0.5, 0.6) is 0 Å². The second-order valence-electron chi connectivity index (χ2n) is 3.99. The van der Waals surface area contributed by atoms with Gasteiger partial charge >= 0.3 is 5.97 Å². The molecular formula is C9H15NO2. The minimum Gasteiger partial charge on any atom is -0.481 e. The molecule has 3 heteroatoms.